The zero-order valence-corrected chi connectivity index (χ0v) is 9.87. The lowest BCUT2D eigenvalue weighted by Gasteiger charge is -2.07. The molecular formula is C12H11F2N3O. The van der Waals surface area contributed by atoms with Crippen LogP contribution in [0.25, 0.3) is 0 Å². The van der Waals surface area contributed by atoms with Gasteiger partial charge in [-0.15, -0.1) is 0 Å². The van der Waals surface area contributed by atoms with E-state index in [-0.39, 0.29) is 17.6 Å². The molecule has 2 aromatic rings. The SMILES string of the molecule is CNc1ncc(F)c(Oc2ccc(C)c(F)c2)n1. The summed E-state index contributed by atoms with van der Waals surface area (Å²) in [7, 11) is 1.60. The molecule has 4 nitrogen and oxygen atoms in total. The van der Waals surface area contributed by atoms with Crippen LogP contribution in [0.3, 0.4) is 0 Å². The highest BCUT2D eigenvalue weighted by Gasteiger charge is 2.10. The Balaban J connectivity index is 2.30. The predicted molar refractivity (Wildman–Crippen MR) is 62.7 cm³/mol. The lowest BCUT2D eigenvalue weighted by atomic mass is 10.2. The fourth-order valence-corrected chi connectivity index (χ4v) is 1.29. The Hall–Kier alpha value is -2.24. The Kier molecular flexibility index (Phi) is 3.36. The van der Waals surface area contributed by atoms with Crippen molar-refractivity contribution >= 4 is 5.95 Å². The number of halogens is 2. The standard InChI is InChI=1S/C12H11F2N3O/c1-7-3-4-8(5-9(7)13)18-11-10(14)6-16-12(15-2)17-11/h3-6H,1-2H3,(H,15,16,17). The molecule has 1 heterocycles. The summed E-state index contributed by atoms with van der Waals surface area (Å²) in [5.41, 5.74) is 0.487. The van der Waals surface area contributed by atoms with E-state index in [2.05, 4.69) is 15.3 Å². The Bertz CT molecular complexity index is 575. The number of aryl methyl sites for hydroxylation is 1. The van der Waals surface area contributed by atoms with E-state index >= 15 is 0 Å². The van der Waals surface area contributed by atoms with Crippen LogP contribution < -0.4 is 10.1 Å². The average molecular weight is 251 g/mol. The minimum absolute atomic E-state index is 0.178. The van der Waals surface area contributed by atoms with Crippen LogP contribution in [0.1, 0.15) is 5.56 Å². The summed E-state index contributed by atoms with van der Waals surface area (Å²) in [6, 6.07) is 4.26. The van der Waals surface area contributed by atoms with Crippen LogP contribution in [0.15, 0.2) is 24.4 Å². The van der Waals surface area contributed by atoms with Crippen LogP contribution in [0.4, 0.5) is 14.7 Å². The maximum absolute atomic E-state index is 13.4. The summed E-state index contributed by atoms with van der Waals surface area (Å²) in [6.45, 7) is 1.63. The summed E-state index contributed by atoms with van der Waals surface area (Å²) < 4.78 is 31.9. The highest BCUT2D eigenvalue weighted by Crippen LogP contribution is 2.24. The number of benzene rings is 1. The predicted octanol–water partition coefficient (Wildman–Crippen LogP) is 2.90. The van der Waals surface area contributed by atoms with Gasteiger partial charge in [0.15, 0.2) is 0 Å². The molecule has 0 aliphatic rings. The van der Waals surface area contributed by atoms with Crippen molar-refractivity contribution in [3.63, 3.8) is 0 Å². The zero-order valence-electron chi connectivity index (χ0n) is 9.87. The van der Waals surface area contributed by atoms with Crippen LogP contribution in [0, 0.1) is 18.6 Å². The maximum atomic E-state index is 13.4. The number of anilines is 1. The maximum Gasteiger partial charge on any atom is 0.260 e. The Morgan fingerprint density at radius 3 is 2.67 bits per heavy atom. The number of hydrogen-bond donors (Lipinski definition) is 1. The minimum atomic E-state index is -0.713. The molecule has 0 atom stereocenters. The first kappa shape index (κ1) is 12.2. The molecule has 1 N–H and O–H groups in total. The highest BCUT2D eigenvalue weighted by molar-refractivity contribution is 5.33. The number of hydrogen-bond acceptors (Lipinski definition) is 4. The summed E-state index contributed by atoms with van der Waals surface area (Å²) in [6.07, 6.45) is 0.985. The molecular weight excluding hydrogens is 240 g/mol. The van der Waals surface area contributed by atoms with Crippen LogP contribution in [-0.2, 0) is 0 Å². The monoisotopic (exact) mass is 251 g/mol. The Morgan fingerprint density at radius 1 is 1.22 bits per heavy atom. The second-order valence-electron chi connectivity index (χ2n) is 3.61. The van der Waals surface area contributed by atoms with Gasteiger partial charge in [-0.3, -0.25) is 0 Å². The van der Waals surface area contributed by atoms with Gasteiger partial charge in [0.25, 0.3) is 5.88 Å². The lowest BCUT2D eigenvalue weighted by Crippen LogP contribution is -2.00. The van der Waals surface area contributed by atoms with E-state index in [4.69, 9.17) is 4.74 Å². The lowest BCUT2D eigenvalue weighted by molar-refractivity contribution is 0.417. The number of aromatic nitrogens is 2. The molecule has 6 heteroatoms. The second-order valence-corrected chi connectivity index (χ2v) is 3.61. The number of nitrogens with zero attached hydrogens (tertiary/aromatic N) is 2. The van der Waals surface area contributed by atoms with Crippen molar-refractivity contribution in [2.75, 3.05) is 12.4 Å². The van der Waals surface area contributed by atoms with Gasteiger partial charge in [-0.25, -0.2) is 9.37 Å². The van der Waals surface area contributed by atoms with Crippen LogP contribution in [-0.4, -0.2) is 17.0 Å². The van der Waals surface area contributed by atoms with Crippen LogP contribution in [0.2, 0.25) is 0 Å². The molecule has 0 radical (unpaired) electrons. The molecule has 18 heavy (non-hydrogen) atoms. The molecule has 0 amide bonds. The van der Waals surface area contributed by atoms with Crippen molar-refractivity contribution in [1.29, 1.82) is 0 Å². The summed E-state index contributed by atoms with van der Waals surface area (Å²) >= 11 is 0. The van der Waals surface area contributed by atoms with Crippen molar-refractivity contribution in [3.8, 4) is 11.6 Å². The molecule has 94 valence electrons. The zero-order chi connectivity index (χ0) is 13.1. The number of ether oxygens (including phenoxy) is 1. The van der Waals surface area contributed by atoms with Gasteiger partial charge in [-0.1, -0.05) is 6.07 Å². The number of nitrogens with one attached hydrogen (secondary N) is 1. The summed E-state index contributed by atoms with van der Waals surface area (Å²) in [4.78, 5) is 7.48. The Morgan fingerprint density at radius 2 is 2.00 bits per heavy atom. The van der Waals surface area contributed by atoms with E-state index in [1.54, 1.807) is 26.1 Å². The van der Waals surface area contributed by atoms with E-state index in [9.17, 15) is 8.78 Å². The largest absolute Gasteiger partial charge is 0.436 e. The fraction of sp³-hybridized carbons (Fsp3) is 0.167. The van der Waals surface area contributed by atoms with Gasteiger partial charge in [0, 0.05) is 13.1 Å². The smallest absolute Gasteiger partial charge is 0.260 e. The first-order valence-corrected chi connectivity index (χ1v) is 5.24. The van der Waals surface area contributed by atoms with Gasteiger partial charge in [-0.05, 0) is 18.6 Å². The van der Waals surface area contributed by atoms with E-state index < -0.39 is 11.6 Å². The molecule has 0 aliphatic carbocycles. The Labute approximate surface area is 103 Å². The summed E-state index contributed by atoms with van der Waals surface area (Å²) in [5.74, 6) is -0.986. The van der Waals surface area contributed by atoms with Crippen LogP contribution >= 0.6 is 0 Å². The van der Waals surface area contributed by atoms with Gasteiger partial charge < -0.3 is 10.1 Å². The van der Waals surface area contributed by atoms with Gasteiger partial charge in [0.2, 0.25) is 11.8 Å². The molecule has 0 saturated heterocycles. The van der Waals surface area contributed by atoms with E-state index in [0.29, 0.717) is 5.56 Å². The highest BCUT2D eigenvalue weighted by atomic mass is 19.1. The van der Waals surface area contributed by atoms with E-state index in [1.807, 2.05) is 0 Å². The van der Waals surface area contributed by atoms with Crippen molar-refractivity contribution in [3.05, 3.63) is 41.6 Å². The fourth-order valence-electron chi connectivity index (χ4n) is 1.29. The first-order chi connectivity index (χ1) is 8.60. The molecule has 0 fully saturated rings. The molecule has 1 aromatic heterocycles. The minimum Gasteiger partial charge on any atom is -0.436 e. The van der Waals surface area contributed by atoms with Gasteiger partial charge >= 0.3 is 0 Å². The van der Waals surface area contributed by atoms with Crippen molar-refractivity contribution < 1.29 is 13.5 Å². The molecule has 0 aliphatic heterocycles. The van der Waals surface area contributed by atoms with E-state index in [1.165, 1.54) is 6.07 Å². The van der Waals surface area contributed by atoms with Gasteiger partial charge in [0.05, 0.1) is 6.20 Å². The van der Waals surface area contributed by atoms with Gasteiger partial charge in [-0.2, -0.15) is 9.37 Å². The van der Waals surface area contributed by atoms with Crippen LogP contribution in [0.5, 0.6) is 11.6 Å². The van der Waals surface area contributed by atoms with E-state index in [0.717, 1.165) is 6.20 Å². The quantitative estimate of drug-likeness (QED) is 0.911. The molecule has 0 unspecified atom stereocenters. The molecule has 2 rings (SSSR count). The topological polar surface area (TPSA) is 47.0 Å². The average Bonchev–Trinajstić information content (AvgIpc) is 2.36. The third-order valence-corrected chi connectivity index (χ3v) is 2.29. The normalized spacial score (nSPS) is 10.2. The molecule has 0 saturated carbocycles. The van der Waals surface area contributed by atoms with Crippen molar-refractivity contribution in [2.45, 2.75) is 6.92 Å². The summed E-state index contributed by atoms with van der Waals surface area (Å²) in [5, 5.41) is 2.66. The van der Waals surface area contributed by atoms with Crippen molar-refractivity contribution in [2.24, 2.45) is 0 Å². The second kappa shape index (κ2) is 4.95. The third-order valence-electron chi connectivity index (χ3n) is 2.29. The van der Waals surface area contributed by atoms with Gasteiger partial charge in [0.1, 0.15) is 11.6 Å². The molecule has 0 spiro atoms. The molecule has 0 bridgehead atoms. The third kappa shape index (κ3) is 2.53. The van der Waals surface area contributed by atoms with Crippen molar-refractivity contribution in [1.82, 2.24) is 9.97 Å². The molecule has 1 aromatic carbocycles. The first-order valence-electron chi connectivity index (χ1n) is 5.24. The number of rotatable bonds is 3.